The maximum Gasteiger partial charge on any atom is 0.407 e. The lowest BCUT2D eigenvalue weighted by Gasteiger charge is -2.19. The van der Waals surface area contributed by atoms with Gasteiger partial charge in [-0.2, -0.15) is 5.10 Å². The number of nitrogens with zero attached hydrogens (tertiary/aromatic N) is 2. The highest BCUT2D eigenvalue weighted by Crippen LogP contribution is 2.11. The van der Waals surface area contributed by atoms with Gasteiger partial charge in [0.1, 0.15) is 15.9 Å². The van der Waals surface area contributed by atoms with Gasteiger partial charge in [0.05, 0.1) is 13.7 Å². The molecule has 1 aromatic rings. The topological polar surface area (TPSA) is 82.5 Å². The molecule has 112 valence electrons. The largest absolute Gasteiger partial charge is 0.464 e. The van der Waals surface area contributed by atoms with Gasteiger partial charge in [0.2, 0.25) is 0 Å². The highest BCUT2D eigenvalue weighted by Gasteiger charge is 2.17. The van der Waals surface area contributed by atoms with Crippen LogP contribution in [0.15, 0.2) is 10.7 Å². The van der Waals surface area contributed by atoms with E-state index in [9.17, 15) is 9.59 Å². The summed E-state index contributed by atoms with van der Waals surface area (Å²) >= 11 is 3.19. The number of methoxy groups -OCH3 is 1. The molecule has 0 saturated carbocycles. The molecule has 0 aromatic carbocycles. The van der Waals surface area contributed by atoms with Crippen LogP contribution in [0.3, 0.4) is 0 Å². The van der Waals surface area contributed by atoms with Crippen molar-refractivity contribution < 1.29 is 19.1 Å². The van der Waals surface area contributed by atoms with Gasteiger partial charge in [-0.1, -0.05) is 0 Å². The number of amides is 1. The number of hydrogen-bond donors (Lipinski definition) is 1. The highest BCUT2D eigenvalue weighted by molar-refractivity contribution is 9.10. The molecule has 1 N–H and O–H groups in total. The molecular weight excluding hydrogens is 330 g/mol. The van der Waals surface area contributed by atoms with E-state index in [1.54, 1.807) is 26.8 Å². The second kappa shape index (κ2) is 6.74. The molecule has 1 heterocycles. The second-order valence-corrected chi connectivity index (χ2v) is 5.81. The number of ether oxygens (including phenoxy) is 2. The van der Waals surface area contributed by atoms with Crippen LogP contribution in [0.2, 0.25) is 0 Å². The Hall–Kier alpha value is -1.57. The first kappa shape index (κ1) is 16.5. The van der Waals surface area contributed by atoms with Crippen LogP contribution in [0, 0.1) is 0 Å². The minimum absolute atomic E-state index is 0.285. The van der Waals surface area contributed by atoms with Gasteiger partial charge < -0.3 is 14.8 Å². The van der Waals surface area contributed by atoms with Crippen LogP contribution in [-0.2, 0) is 16.0 Å². The number of aromatic nitrogens is 2. The van der Waals surface area contributed by atoms with Crippen LogP contribution in [-0.4, -0.2) is 41.1 Å². The minimum atomic E-state index is -0.546. The van der Waals surface area contributed by atoms with Gasteiger partial charge in [0, 0.05) is 12.6 Å². The number of hydrogen-bond acceptors (Lipinski definition) is 5. The molecule has 20 heavy (non-hydrogen) atoms. The van der Waals surface area contributed by atoms with Gasteiger partial charge in [0.25, 0.3) is 0 Å². The van der Waals surface area contributed by atoms with E-state index in [1.807, 2.05) is 0 Å². The Morgan fingerprint density at radius 1 is 1.45 bits per heavy atom. The molecule has 0 unspecified atom stereocenters. The first-order valence-electron chi connectivity index (χ1n) is 6.01. The summed E-state index contributed by atoms with van der Waals surface area (Å²) in [5.74, 6) is -0.486. The molecule has 0 aliphatic rings. The number of nitrogens with one attached hydrogen (secondary N) is 1. The standard InChI is InChI=1S/C12H18BrN3O4/c1-12(2,3)20-11(18)14-5-6-16-8(10(17)19-4)7-9(13)15-16/h7H,5-6H2,1-4H3,(H,14,18). The van der Waals surface area contributed by atoms with Crippen molar-refractivity contribution in [2.24, 2.45) is 0 Å². The number of carbonyl (C=O) groups excluding carboxylic acids is 2. The van der Waals surface area contributed by atoms with E-state index in [4.69, 9.17) is 4.74 Å². The summed E-state index contributed by atoms with van der Waals surface area (Å²) in [5, 5.41) is 6.68. The van der Waals surface area contributed by atoms with Gasteiger partial charge >= 0.3 is 12.1 Å². The van der Waals surface area contributed by atoms with Gasteiger partial charge in [0.15, 0.2) is 0 Å². The lowest BCUT2D eigenvalue weighted by molar-refractivity contribution is 0.0525. The Morgan fingerprint density at radius 3 is 2.65 bits per heavy atom. The summed E-state index contributed by atoms with van der Waals surface area (Å²) in [5.41, 5.74) is -0.235. The molecule has 0 spiro atoms. The average molecular weight is 348 g/mol. The van der Waals surface area contributed by atoms with Crippen molar-refractivity contribution in [1.29, 1.82) is 0 Å². The van der Waals surface area contributed by atoms with Crippen LogP contribution in [0.5, 0.6) is 0 Å². The normalized spacial score (nSPS) is 11.1. The Morgan fingerprint density at radius 2 is 2.10 bits per heavy atom. The molecule has 1 amide bonds. The van der Waals surface area contributed by atoms with Crippen molar-refractivity contribution in [2.75, 3.05) is 13.7 Å². The van der Waals surface area contributed by atoms with Crippen LogP contribution in [0.25, 0.3) is 0 Å². The molecule has 7 nitrogen and oxygen atoms in total. The van der Waals surface area contributed by atoms with Crippen LogP contribution in [0.4, 0.5) is 4.79 Å². The molecule has 0 saturated heterocycles. The van der Waals surface area contributed by atoms with E-state index < -0.39 is 17.7 Å². The van der Waals surface area contributed by atoms with Crippen molar-refractivity contribution >= 4 is 28.0 Å². The predicted molar refractivity (Wildman–Crippen MR) is 75.5 cm³/mol. The smallest absolute Gasteiger partial charge is 0.407 e. The lowest BCUT2D eigenvalue weighted by Crippen LogP contribution is -2.34. The third-order valence-electron chi connectivity index (χ3n) is 2.14. The Kier molecular flexibility index (Phi) is 5.55. The monoisotopic (exact) mass is 347 g/mol. The van der Waals surface area contributed by atoms with E-state index in [1.165, 1.54) is 11.8 Å². The van der Waals surface area contributed by atoms with Crippen LogP contribution in [0.1, 0.15) is 31.3 Å². The van der Waals surface area contributed by atoms with E-state index in [2.05, 4.69) is 31.1 Å². The SMILES string of the molecule is COC(=O)c1cc(Br)nn1CCNC(=O)OC(C)(C)C. The quantitative estimate of drug-likeness (QED) is 0.841. The summed E-state index contributed by atoms with van der Waals surface area (Å²) in [6, 6.07) is 1.55. The zero-order chi connectivity index (χ0) is 15.3. The number of alkyl carbamates (subject to hydrolysis) is 1. The maximum absolute atomic E-state index is 11.5. The molecule has 1 rings (SSSR count). The Bertz CT molecular complexity index is 493. The molecule has 0 radical (unpaired) electrons. The van der Waals surface area contributed by atoms with Gasteiger partial charge in [-0.3, -0.25) is 4.68 Å². The van der Waals surface area contributed by atoms with Gasteiger partial charge in [-0.15, -0.1) is 0 Å². The fourth-order valence-electron chi connectivity index (χ4n) is 1.40. The summed E-state index contributed by atoms with van der Waals surface area (Å²) in [6.45, 7) is 5.97. The molecule has 0 bridgehead atoms. The maximum atomic E-state index is 11.5. The molecular formula is C12H18BrN3O4. The number of esters is 1. The first-order chi connectivity index (χ1) is 9.23. The predicted octanol–water partition coefficient (Wildman–Crippen LogP) is 1.96. The summed E-state index contributed by atoms with van der Waals surface area (Å²) in [6.07, 6.45) is -0.511. The molecule has 1 aromatic heterocycles. The zero-order valence-electron chi connectivity index (χ0n) is 11.9. The van der Waals surface area contributed by atoms with Crippen molar-refractivity contribution in [1.82, 2.24) is 15.1 Å². The van der Waals surface area contributed by atoms with Gasteiger partial charge in [-0.05, 0) is 36.7 Å². The third kappa shape index (κ3) is 5.20. The third-order valence-corrected chi connectivity index (χ3v) is 2.52. The van der Waals surface area contributed by atoms with E-state index in [-0.39, 0.29) is 6.54 Å². The number of rotatable bonds is 4. The Labute approximate surface area is 125 Å². The summed E-state index contributed by atoms with van der Waals surface area (Å²) in [4.78, 5) is 23.0. The fraction of sp³-hybridized carbons (Fsp3) is 0.583. The van der Waals surface area contributed by atoms with E-state index >= 15 is 0 Å². The van der Waals surface area contributed by atoms with Crippen LogP contribution < -0.4 is 5.32 Å². The highest BCUT2D eigenvalue weighted by atomic mass is 79.9. The van der Waals surface area contributed by atoms with E-state index in [0.717, 1.165) is 0 Å². The molecule has 0 aliphatic carbocycles. The van der Waals surface area contributed by atoms with Crippen molar-refractivity contribution in [3.8, 4) is 0 Å². The lowest BCUT2D eigenvalue weighted by atomic mass is 10.2. The molecule has 0 aliphatic heterocycles. The molecule has 0 fully saturated rings. The first-order valence-corrected chi connectivity index (χ1v) is 6.81. The summed E-state index contributed by atoms with van der Waals surface area (Å²) < 4.78 is 11.7. The minimum Gasteiger partial charge on any atom is -0.464 e. The van der Waals surface area contributed by atoms with Crippen molar-refractivity contribution in [3.63, 3.8) is 0 Å². The fourth-order valence-corrected chi connectivity index (χ4v) is 1.81. The zero-order valence-corrected chi connectivity index (χ0v) is 13.5. The Balaban J connectivity index is 2.54. The average Bonchev–Trinajstić information content (AvgIpc) is 2.67. The second-order valence-electron chi connectivity index (χ2n) is 5.00. The molecule has 8 heteroatoms. The number of carbonyl (C=O) groups is 2. The van der Waals surface area contributed by atoms with Gasteiger partial charge in [-0.25, -0.2) is 9.59 Å². The van der Waals surface area contributed by atoms with Crippen molar-refractivity contribution in [2.45, 2.75) is 32.9 Å². The summed E-state index contributed by atoms with van der Waals surface area (Å²) in [7, 11) is 1.30. The van der Waals surface area contributed by atoms with Crippen molar-refractivity contribution in [3.05, 3.63) is 16.4 Å². The van der Waals surface area contributed by atoms with E-state index in [0.29, 0.717) is 16.8 Å². The molecule has 0 atom stereocenters. The van der Waals surface area contributed by atoms with Crippen LogP contribution >= 0.6 is 15.9 Å². The number of halogens is 1.